The zero-order valence-corrected chi connectivity index (χ0v) is 15.3. The number of hydrogen-bond donors (Lipinski definition) is 3. The number of alkyl carbamates (subject to hydrolysis) is 1. The Bertz CT molecular complexity index is 692. The van der Waals surface area contributed by atoms with Crippen LogP contribution >= 0.6 is 0 Å². The molecule has 0 radical (unpaired) electrons. The van der Waals surface area contributed by atoms with Crippen LogP contribution in [0.2, 0.25) is 0 Å². The normalized spacial score (nSPS) is 11.4. The summed E-state index contributed by atoms with van der Waals surface area (Å²) in [7, 11) is 0. The molecule has 6 heteroatoms. The largest absolute Gasteiger partial charge is 0.445 e. The van der Waals surface area contributed by atoms with E-state index in [9.17, 15) is 9.59 Å². The molecule has 0 saturated carbocycles. The maximum Gasteiger partial charge on any atom is 0.408 e. The van der Waals surface area contributed by atoms with Gasteiger partial charge in [-0.2, -0.15) is 0 Å². The smallest absolute Gasteiger partial charge is 0.408 e. The van der Waals surface area contributed by atoms with Gasteiger partial charge in [-0.25, -0.2) is 4.79 Å². The van der Waals surface area contributed by atoms with Gasteiger partial charge in [0.25, 0.3) is 0 Å². The molecule has 2 aromatic rings. The summed E-state index contributed by atoms with van der Waals surface area (Å²) < 4.78 is 5.23. The van der Waals surface area contributed by atoms with Crippen molar-refractivity contribution in [3.8, 4) is 0 Å². The summed E-state index contributed by atoms with van der Waals surface area (Å²) in [5.74, 6) is -0.270. The maximum absolute atomic E-state index is 12.5. The van der Waals surface area contributed by atoms with Gasteiger partial charge in [-0.3, -0.25) is 4.79 Å². The Labute approximate surface area is 159 Å². The Morgan fingerprint density at radius 1 is 0.926 bits per heavy atom. The molecule has 2 amide bonds. The number of ether oxygens (including phenoxy) is 1. The van der Waals surface area contributed by atoms with Crippen molar-refractivity contribution in [2.45, 2.75) is 31.9 Å². The van der Waals surface area contributed by atoms with Gasteiger partial charge in [-0.15, -0.1) is 0 Å². The Kier molecular flexibility index (Phi) is 8.86. The number of unbranched alkanes of at least 4 members (excludes halogenated alkanes) is 1. The van der Waals surface area contributed by atoms with Gasteiger partial charge in [0, 0.05) is 19.6 Å². The monoisotopic (exact) mass is 370 g/mol. The van der Waals surface area contributed by atoms with Crippen LogP contribution in [-0.4, -0.2) is 36.3 Å². The lowest BCUT2D eigenvalue weighted by Gasteiger charge is -2.18. The minimum atomic E-state index is -0.732. The van der Waals surface area contributed by atoms with Gasteiger partial charge >= 0.3 is 6.09 Å². The average molecular weight is 370 g/mol. The first kappa shape index (κ1) is 20.5. The van der Waals surface area contributed by atoms with Crippen LogP contribution in [0.1, 0.15) is 24.0 Å². The molecule has 3 N–H and O–H groups in total. The van der Waals surface area contributed by atoms with Crippen LogP contribution in [0, 0.1) is 0 Å². The van der Waals surface area contributed by atoms with Crippen molar-refractivity contribution in [2.24, 2.45) is 0 Å². The van der Waals surface area contributed by atoms with E-state index >= 15 is 0 Å². The van der Waals surface area contributed by atoms with E-state index in [0.29, 0.717) is 25.8 Å². The van der Waals surface area contributed by atoms with E-state index in [1.165, 1.54) is 0 Å². The highest BCUT2D eigenvalue weighted by Crippen LogP contribution is 2.05. The number of nitrogens with one attached hydrogen (secondary N) is 2. The molecular formula is C21H26N2O4. The molecule has 2 rings (SSSR count). The number of amides is 2. The first-order chi connectivity index (χ1) is 13.2. The van der Waals surface area contributed by atoms with Crippen LogP contribution in [-0.2, 0) is 22.6 Å². The van der Waals surface area contributed by atoms with Crippen molar-refractivity contribution >= 4 is 12.0 Å². The summed E-state index contributed by atoms with van der Waals surface area (Å²) in [5.41, 5.74) is 1.82. The second-order valence-electron chi connectivity index (χ2n) is 6.17. The van der Waals surface area contributed by atoms with Crippen LogP contribution in [0.3, 0.4) is 0 Å². The molecule has 144 valence electrons. The van der Waals surface area contributed by atoms with Crippen LogP contribution < -0.4 is 10.6 Å². The number of benzene rings is 2. The fourth-order valence-corrected chi connectivity index (χ4v) is 2.54. The van der Waals surface area contributed by atoms with Gasteiger partial charge in [-0.1, -0.05) is 60.7 Å². The number of carbonyl (C=O) groups excluding carboxylic acids is 2. The van der Waals surface area contributed by atoms with E-state index in [1.54, 1.807) is 0 Å². The summed E-state index contributed by atoms with van der Waals surface area (Å²) in [6.45, 7) is 0.682. The van der Waals surface area contributed by atoms with E-state index in [1.807, 2.05) is 60.7 Å². The SMILES string of the molecule is O=C(NC(Cc1ccccc1)C(=O)NCCCCO)OCc1ccccc1. The van der Waals surface area contributed by atoms with E-state index in [2.05, 4.69) is 10.6 Å². The molecule has 1 atom stereocenters. The van der Waals surface area contributed by atoms with Gasteiger partial charge in [0.1, 0.15) is 12.6 Å². The number of carbonyl (C=O) groups is 2. The predicted molar refractivity (Wildman–Crippen MR) is 103 cm³/mol. The van der Waals surface area contributed by atoms with Crippen molar-refractivity contribution in [1.82, 2.24) is 10.6 Å². The van der Waals surface area contributed by atoms with E-state index in [-0.39, 0.29) is 19.1 Å². The molecule has 0 saturated heterocycles. The molecule has 0 aromatic heterocycles. The first-order valence-electron chi connectivity index (χ1n) is 9.08. The average Bonchev–Trinajstić information content (AvgIpc) is 2.70. The molecule has 0 heterocycles. The molecule has 27 heavy (non-hydrogen) atoms. The lowest BCUT2D eigenvalue weighted by molar-refractivity contribution is -0.123. The summed E-state index contributed by atoms with van der Waals surface area (Å²) in [5, 5.41) is 14.3. The van der Waals surface area contributed by atoms with Gasteiger partial charge in [0.05, 0.1) is 0 Å². The highest BCUT2D eigenvalue weighted by atomic mass is 16.5. The van der Waals surface area contributed by atoms with Crippen LogP contribution in [0.5, 0.6) is 0 Å². The van der Waals surface area contributed by atoms with Gasteiger partial charge in [0.2, 0.25) is 5.91 Å². The highest BCUT2D eigenvalue weighted by Gasteiger charge is 2.21. The topological polar surface area (TPSA) is 87.7 Å². The van der Waals surface area contributed by atoms with Gasteiger partial charge < -0.3 is 20.5 Å². The molecular weight excluding hydrogens is 344 g/mol. The molecule has 2 aromatic carbocycles. The Morgan fingerprint density at radius 3 is 2.19 bits per heavy atom. The Hall–Kier alpha value is -2.86. The van der Waals surface area contributed by atoms with Crippen molar-refractivity contribution in [1.29, 1.82) is 0 Å². The van der Waals surface area contributed by atoms with E-state index < -0.39 is 12.1 Å². The van der Waals surface area contributed by atoms with Crippen molar-refractivity contribution in [3.05, 3.63) is 71.8 Å². The fourth-order valence-electron chi connectivity index (χ4n) is 2.54. The molecule has 0 spiro atoms. The van der Waals surface area contributed by atoms with Crippen LogP contribution in [0.25, 0.3) is 0 Å². The molecule has 0 aliphatic rings. The number of hydrogen-bond acceptors (Lipinski definition) is 4. The highest BCUT2D eigenvalue weighted by molar-refractivity contribution is 5.85. The summed E-state index contributed by atoms with van der Waals surface area (Å²) in [6.07, 6.45) is 1.03. The second-order valence-corrected chi connectivity index (χ2v) is 6.17. The number of rotatable bonds is 10. The van der Waals surface area contributed by atoms with E-state index in [4.69, 9.17) is 9.84 Å². The molecule has 0 bridgehead atoms. The van der Waals surface area contributed by atoms with Crippen LogP contribution in [0.4, 0.5) is 4.79 Å². The number of aliphatic hydroxyl groups excluding tert-OH is 1. The minimum Gasteiger partial charge on any atom is -0.445 e. The number of aliphatic hydroxyl groups is 1. The summed E-state index contributed by atoms with van der Waals surface area (Å²) >= 11 is 0. The van der Waals surface area contributed by atoms with Gasteiger partial charge in [0.15, 0.2) is 0 Å². The quantitative estimate of drug-likeness (QED) is 0.561. The third-order valence-electron chi connectivity index (χ3n) is 3.99. The first-order valence-corrected chi connectivity index (χ1v) is 9.08. The predicted octanol–water partition coefficient (Wildman–Crippen LogP) is 2.41. The van der Waals surface area contributed by atoms with Gasteiger partial charge in [-0.05, 0) is 24.0 Å². The lowest BCUT2D eigenvalue weighted by atomic mass is 10.1. The molecule has 0 aliphatic carbocycles. The molecule has 1 unspecified atom stereocenters. The lowest BCUT2D eigenvalue weighted by Crippen LogP contribution is -2.48. The summed E-state index contributed by atoms with van der Waals surface area (Å²) in [4.78, 5) is 24.6. The second kappa shape index (κ2) is 11.7. The standard InChI is InChI=1S/C21H26N2O4/c24-14-8-7-13-22-20(25)19(15-17-9-3-1-4-10-17)23-21(26)27-16-18-11-5-2-6-12-18/h1-6,9-12,19,24H,7-8,13-16H2,(H,22,25)(H,23,26). The van der Waals surface area contributed by atoms with Crippen LogP contribution in [0.15, 0.2) is 60.7 Å². The Balaban J connectivity index is 1.91. The van der Waals surface area contributed by atoms with E-state index in [0.717, 1.165) is 11.1 Å². The fraction of sp³-hybridized carbons (Fsp3) is 0.333. The third-order valence-corrected chi connectivity index (χ3v) is 3.99. The minimum absolute atomic E-state index is 0.0907. The summed E-state index contributed by atoms with van der Waals surface area (Å²) in [6, 6.07) is 18.1. The van der Waals surface area contributed by atoms with Crippen molar-refractivity contribution in [2.75, 3.05) is 13.2 Å². The zero-order valence-electron chi connectivity index (χ0n) is 15.3. The maximum atomic E-state index is 12.5. The molecule has 0 aliphatic heterocycles. The van der Waals surface area contributed by atoms with Crippen molar-refractivity contribution in [3.63, 3.8) is 0 Å². The van der Waals surface area contributed by atoms with Crippen molar-refractivity contribution < 1.29 is 19.4 Å². The zero-order chi connectivity index (χ0) is 19.3. The Morgan fingerprint density at radius 2 is 1.56 bits per heavy atom. The molecule has 0 fully saturated rings. The molecule has 6 nitrogen and oxygen atoms in total. The third kappa shape index (κ3) is 7.92.